The van der Waals surface area contributed by atoms with Crippen LogP contribution in [0, 0.1) is 0 Å². The zero-order valence-electron chi connectivity index (χ0n) is 39.1. The van der Waals surface area contributed by atoms with Crippen LogP contribution >= 0.6 is 0 Å². The minimum absolute atomic E-state index is 0.277. The molecule has 0 aliphatic carbocycles. The molecule has 0 unspecified atom stereocenters. The molecule has 0 atom stereocenters. The van der Waals surface area contributed by atoms with E-state index in [1.54, 1.807) is 0 Å². The monoisotopic (exact) mass is 1050 g/mol. The van der Waals surface area contributed by atoms with Crippen molar-refractivity contribution < 1.29 is 0 Å². The van der Waals surface area contributed by atoms with Gasteiger partial charge in [-0.2, -0.15) is 0 Å². The molecule has 0 aliphatic rings. The van der Waals surface area contributed by atoms with Crippen LogP contribution < -0.4 is 9.80 Å². The third-order valence-electron chi connectivity index (χ3n) is 14.3. The molecule has 338 valence electrons. The van der Waals surface area contributed by atoms with Crippen molar-refractivity contribution in [3.05, 3.63) is 267 Å². The summed E-state index contributed by atoms with van der Waals surface area (Å²) >= 11 is 0.554. The molecule has 72 heavy (non-hydrogen) atoms. The van der Waals surface area contributed by atoms with E-state index >= 15 is 0 Å². The zero-order valence-corrected chi connectivity index (χ0v) is 42.5. The van der Waals surface area contributed by atoms with E-state index in [0.717, 1.165) is 34.1 Å². The number of rotatable bonds is 9. The van der Waals surface area contributed by atoms with Crippen LogP contribution in [0.2, 0.25) is 0 Å². The van der Waals surface area contributed by atoms with E-state index in [1.165, 1.54) is 93.5 Å². The van der Waals surface area contributed by atoms with Gasteiger partial charge >= 0.3 is 433 Å². The van der Waals surface area contributed by atoms with E-state index in [1.807, 2.05) is 0 Å². The van der Waals surface area contributed by atoms with Gasteiger partial charge < -0.3 is 0 Å². The van der Waals surface area contributed by atoms with Gasteiger partial charge in [-0.15, -0.1) is 0 Å². The van der Waals surface area contributed by atoms with Gasteiger partial charge in [0, 0.05) is 0 Å². The van der Waals surface area contributed by atoms with Crippen molar-refractivity contribution in [2.45, 2.75) is 0 Å². The fraction of sp³-hybridized carbons (Fsp3) is 0. The summed E-state index contributed by atoms with van der Waals surface area (Å²) in [6, 6.07) is 98.6. The Hall–Kier alpha value is -8.20. The number of anilines is 6. The average molecular weight is 1050 g/mol. The Kier molecular flexibility index (Phi) is 10.6. The van der Waals surface area contributed by atoms with Crippen LogP contribution in [0.5, 0.6) is 0 Å². The molecular weight excluding hydrogens is 1000 g/mol. The molecule has 0 N–H and O–H groups in total. The summed E-state index contributed by atoms with van der Waals surface area (Å²) in [5, 5.41) is 10.4. The summed E-state index contributed by atoms with van der Waals surface area (Å²) in [6.45, 7) is 0. The van der Waals surface area contributed by atoms with E-state index in [2.05, 4.69) is 277 Å². The molecule has 2 aromatic heterocycles. The van der Waals surface area contributed by atoms with Gasteiger partial charge in [-0.1, -0.05) is 0 Å². The number of nitrogens with zero attached hydrogens (tertiary/aromatic N) is 2. The maximum atomic E-state index is 2.41. The molecule has 0 bridgehead atoms. The van der Waals surface area contributed by atoms with Gasteiger partial charge in [-0.3, -0.25) is 0 Å². The van der Waals surface area contributed by atoms with Gasteiger partial charge in [-0.25, -0.2) is 0 Å². The Morgan fingerprint density at radius 2 is 0.528 bits per heavy atom. The third-order valence-corrected chi connectivity index (χ3v) is 19.4. The number of hydrogen-bond donors (Lipinski definition) is 0. The molecule has 14 rings (SSSR count). The Bertz CT molecular complexity index is 4030. The summed E-state index contributed by atoms with van der Waals surface area (Å²) in [5.41, 5.74) is 14.3. The van der Waals surface area contributed by atoms with Gasteiger partial charge in [0.2, 0.25) is 0 Å². The van der Waals surface area contributed by atoms with Crippen molar-refractivity contribution in [2.75, 3.05) is 9.80 Å². The molecular formula is C68H44N2Se2. The molecule has 0 radical (unpaired) electrons. The summed E-state index contributed by atoms with van der Waals surface area (Å²) in [6.07, 6.45) is 0. The quantitative estimate of drug-likeness (QED) is 0.133. The average Bonchev–Trinajstić information content (AvgIpc) is 4.03. The number of fused-ring (bicyclic) bond motifs is 8. The molecule has 0 spiro atoms. The van der Waals surface area contributed by atoms with Crippen molar-refractivity contribution in [2.24, 2.45) is 0 Å². The number of hydrogen-bond acceptors (Lipinski definition) is 2. The minimum atomic E-state index is 0.277. The molecule has 0 aliphatic heterocycles. The molecule has 4 heteroatoms. The molecule has 12 aromatic carbocycles. The Morgan fingerprint density at radius 3 is 0.931 bits per heavy atom. The molecule has 2 heterocycles. The SMILES string of the molecule is c1ccc2c(N(c3ccc(-c4ccc(N(c5ccc(-c6cccc7c6[se]c6ccccc67)cc5)c5cccc6ccccc56)cc4)cc3)c3ccc(-c4cccc5c4[se]c4ccccc45)cc3)cccc2c1. The Balaban J connectivity index is 0.811. The fourth-order valence-electron chi connectivity index (χ4n) is 10.8. The van der Waals surface area contributed by atoms with Crippen molar-refractivity contribution >= 4 is 123 Å². The van der Waals surface area contributed by atoms with Crippen LogP contribution in [0.1, 0.15) is 0 Å². The maximum absolute atomic E-state index is 2.41. The second kappa shape index (κ2) is 17.9. The van der Waals surface area contributed by atoms with Crippen LogP contribution in [0.25, 0.3) is 93.5 Å². The predicted molar refractivity (Wildman–Crippen MR) is 311 cm³/mol. The Labute approximate surface area is 430 Å². The fourth-order valence-corrected chi connectivity index (χ4v) is 16.0. The summed E-state index contributed by atoms with van der Waals surface area (Å²) in [4.78, 5) is 4.82. The van der Waals surface area contributed by atoms with Gasteiger partial charge in [0.05, 0.1) is 0 Å². The first-order valence-corrected chi connectivity index (χ1v) is 27.9. The second-order valence-electron chi connectivity index (χ2n) is 18.4. The van der Waals surface area contributed by atoms with Crippen molar-refractivity contribution in [3.8, 4) is 33.4 Å². The molecule has 14 aromatic rings. The van der Waals surface area contributed by atoms with E-state index < -0.39 is 0 Å². The van der Waals surface area contributed by atoms with Crippen molar-refractivity contribution in [1.29, 1.82) is 0 Å². The van der Waals surface area contributed by atoms with E-state index in [4.69, 9.17) is 0 Å². The van der Waals surface area contributed by atoms with Crippen LogP contribution in [-0.4, -0.2) is 29.0 Å². The van der Waals surface area contributed by atoms with E-state index in [0.29, 0.717) is 0 Å². The first-order chi connectivity index (χ1) is 35.7. The second-order valence-corrected chi connectivity index (χ2v) is 22.8. The van der Waals surface area contributed by atoms with E-state index in [-0.39, 0.29) is 29.0 Å². The normalized spacial score (nSPS) is 11.6. The van der Waals surface area contributed by atoms with Crippen LogP contribution in [0.15, 0.2) is 267 Å². The van der Waals surface area contributed by atoms with Crippen LogP contribution in [0.4, 0.5) is 34.1 Å². The molecule has 0 saturated heterocycles. The summed E-state index contributed by atoms with van der Waals surface area (Å²) in [7, 11) is 0. The van der Waals surface area contributed by atoms with Gasteiger partial charge in [0.25, 0.3) is 0 Å². The van der Waals surface area contributed by atoms with Crippen molar-refractivity contribution in [3.63, 3.8) is 0 Å². The van der Waals surface area contributed by atoms with E-state index in [9.17, 15) is 0 Å². The molecule has 2 nitrogen and oxygen atoms in total. The predicted octanol–water partition coefficient (Wildman–Crippen LogP) is 18.7. The number of benzene rings is 12. The first kappa shape index (κ1) is 42.7. The van der Waals surface area contributed by atoms with Crippen molar-refractivity contribution in [1.82, 2.24) is 0 Å². The summed E-state index contributed by atoms with van der Waals surface area (Å²) in [5.74, 6) is 0. The molecule has 0 saturated carbocycles. The first-order valence-electron chi connectivity index (χ1n) is 24.5. The molecule has 0 amide bonds. The topological polar surface area (TPSA) is 6.48 Å². The van der Waals surface area contributed by atoms with Gasteiger partial charge in [-0.05, 0) is 0 Å². The van der Waals surface area contributed by atoms with Gasteiger partial charge in [0.15, 0.2) is 0 Å². The van der Waals surface area contributed by atoms with Crippen LogP contribution in [-0.2, 0) is 0 Å². The standard InChI is InChI=1S/C68H44N2Se2/c1-3-17-55-47(13-1)15-9-25-63(55)69(53-41-33-49(34-42-53)57-21-11-23-61-59-19-5-7-27-65(59)71-67(57)61)51-37-29-45(30-38-51)46-31-39-52(40-32-46)70(64-26-10-16-48-14-2-4-18-56(48)64)54-43-35-50(36-44-54)58-22-12-24-62-60-20-6-8-28-66(60)72-68(58)62/h1-44H. The van der Waals surface area contributed by atoms with Gasteiger partial charge in [0.1, 0.15) is 0 Å². The molecule has 0 fully saturated rings. The third kappa shape index (κ3) is 7.39. The Morgan fingerprint density at radius 1 is 0.222 bits per heavy atom. The summed E-state index contributed by atoms with van der Waals surface area (Å²) < 4.78 is 5.88. The zero-order chi connectivity index (χ0) is 47.5. The van der Waals surface area contributed by atoms with Crippen LogP contribution in [0.3, 0.4) is 0 Å².